The molecule has 5 heteroatoms. The van der Waals surface area contributed by atoms with E-state index in [4.69, 9.17) is 10.9 Å². The van der Waals surface area contributed by atoms with E-state index in [0.29, 0.717) is 11.3 Å². The number of anilines is 1. The zero-order valence-corrected chi connectivity index (χ0v) is 11.5. The van der Waals surface area contributed by atoms with Crippen LogP contribution in [0.4, 0.5) is 5.69 Å². The Morgan fingerprint density at radius 1 is 1.44 bits per heavy atom. The molecule has 18 heavy (non-hydrogen) atoms. The quantitative estimate of drug-likeness (QED) is 0.372. The Morgan fingerprint density at radius 2 is 2.17 bits per heavy atom. The van der Waals surface area contributed by atoms with Gasteiger partial charge in [-0.05, 0) is 19.1 Å². The molecule has 1 aliphatic heterocycles. The van der Waals surface area contributed by atoms with Gasteiger partial charge in [-0.25, -0.2) is 0 Å². The monoisotopic (exact) mass is 265 g/mol. The average molecular weight is 265 g/mol. The van der Waals surface area contributed by atoms with Crippen molar-refractivity contribution in [3.05, 3.63) is 29.8 Å². The van der Waals surface area contributed by atoms with Crippen molar-refractivity contribution in [2.45, 2.75) is 25.1 Å². The lowest BCUT2D eigenvalue weighted by atomic mass is 10.1. The average Bonchev–Trinajstić information content (AvgIpc) is 2.41. The molecule has 98 valence electrons. The van der Waals surface area contributed by atoms with E-state index >= 15 is 0 Å². The normalized spacial score (nSPS) is 25.2. The highest BCUT2D eigenvalue weighted by atomic mass is 32.2. The Hall–Kier alpha value is -1.36. The molecule has 2 rings (SSSR count). The second-order valence-electron chi connectivity index (χ2n) is 4.51. The van der Waals surface area contributed by atoms with Crippen molar-refractivity contribution < 1.29 is 5.21 Å². The fourth-order valence-electron chi connectivity index (χ4n) is 2.27. The molecule has 0 bridgehead atoms. The molecule has 0 amide bonds. The Kier molecular flexibility index (Phi) is 4.01. The van der Waals surface area contributed by atoms with E-state index in [-0.39, 0.29) is 5.84 Å². The van der Waals surface area contributed by atoms with Gasteiger partial charge in [-0.1, -0.05) is 24.2 Å². The Labute approximate surface area is 112 Å². The minimum atomic E-state index is 0.170. The summed E-state index contributed by atoms with van der Waals surface area (Å²) in [5.74, 6) is 1.28. The Morgan fingerprint density at radius 3 is 2.89 bits per heavy atom. The highest BCUT2D eigenvalue weighted by Gasteiger charge is 2.27. The van der Waals surface area contributed by atoms with Crippen LogP contribution >= 0.6 is 11.8 Å². The van der Waals surface area contributed by atoms with E-state index in [1.165, 1.54) is 0 Å². The predicted molar refractivity (Wildman–Crippen MR) is 77.7 cm³/mol. The zero-order valence-electron chi connectivity index (χ0n) is 10.7. The molecule has 0 aliphatic carbocycles. The number of amidine groups is 1. The van der Waals surface area contributed by atoms with Gasteiger partial charge in [0, 0.05) is 34.8 Å². The van der Waals surface area contributed by atoms with Gasteiger partial charge in [-0.15, -0.1) is 0 Å². The minimum Gasteiger partial charge on any atom is -0.409 e. The molecule has 2 atom stereocenters. The number of nitrogens with zero attached hydrogens (tertiary/aromatic N) is 2. The Bertz CT molecular complexity index is 450. The molecule has 0 spiro atoms. The maximum atomic E-state index is 8.87. The number of hydrogen-bond donors (Lipinski definition) is 2. The van der Waals surface area contributed by atoms with Crippen LogP contribution in [0.15, 0.2) is 29.4 Å². The first kappa shape index (κ1) is 13.1. The van der Waals surface area contributed by atoms with E-state index in [2.05, 4.69) is 23.9 Å². The van der Waals surface area contributed by atoms with E-state index in [1.54, 1.807) is 0 Å². The third kappa shape index (κ3) is 2.41. The van der Waals surface area contributed by atoms with Gasteiger partial charge >= 0.3 is 0 Å². The van der Waals surface area contributed by atoms with E-state index < -0.39 is 0 Å². The number of nitrogens with two attached hydrogens (primary N) is 1. The maximum Gasteiger partial charge on any atom is 0.172 e. The fourth-order valence-corrected chi connectivity index (χ4v) is 3.37. The summed E-state index contributed by atoms with van der Waals surface area (Å²) < 4.78 is 0. The van der Waals surface area contributed by atoms with Gasteiger partial charge in [0.2, 0.25) is 0 Å². The van der Waals surface area contributed by atoms with Crippen LogP contribution in [-0.2, 0) is 0 Å². The third-order valence-electron chi connectivity index (χ3n) is 3.48. The minimum absolute atomic E-state index is 0.170. The molecule has 0 saturated carbocycles. The first-order valence-electron chi connectivity index (χ1n) is 6.10. The lowest BCUT2D eigenvalue weighted by molar-refractivity contribution is 0.318. The summed E-state index contributed by atoms with van der Waals surface area (Å²) in [5, 5.41) is 12.6. The highest BCUT2D eigenvalue weighted by molar-refractivity contribution is 8.00. The SMILES string of the molecule is CC1SCCN(c2ccccc2/C(N)=N/O)C1C. The van der Waals surface area contributed by atoms with Gasteiger partial charge < -0.3 is 15.8 Å². The lowest BCUT2D eigenvalue weighted by Crippen LogP contribution is -2.45. The van der Waals surface area contributed by atoms with Crippen molar-refractivity contribution in [2.75, 3.05) is 17.2 Å². The first-order valence-corrected chi connectivity index (χ1v) is 7.15. The van der Waals surface area contributed by atoms with Gasteiger partial charge in [0.05, 0.1) is 0 Å². The van der Waals surface area contributed by atoms with E-state index in [0.717, 1.165) is 23.5 Å². The van der Waals surface area contributed by atoms with Crippen LogP contribution in [0.1, 0.15) is 19.4 Å². The molecule has 3 N–H and O–H groups in total. The molecule has 1 aromatic carbocycles. The number of thioether (sulfide) groups is 1. The molecular formula is C13H19N3OS. The number of para-hydroxylation sites is 1. The molecular weight excluding hydrogens is 246 g/mol. The summed E-state index contributed by atoms with van der Waals surface area (Å²) in [6, 6.07) is 8.26. The second kappa shape index (κ2) is 5.52. The fraction of sp³-hybridized carbons (Fsp3) is 0.462. The van der Waals surface area contributed by atoms with E-state index in [1.807, 2.05) is 36.0 Å². The Balaban J connectivity index is 2.38. The highest BCUT2D eigenvalue weighted by Crippen LogP contribution is 2.31. The van der Waals surface area contributed by atoms with Crippen LogP contribution in [0, 0.1) is 0 Å². The van der Waals surface area contributed by atoms with Crippen molar-refractivity contribution in [2.24, 2.45) is 10.9 Å². The summed E-state index contributed by atoms with van der Waals surface area (Å²) in [5.41, 5.74) is 7.60. The molecule has 1 aliphatic rings. The lowest BCUT2D eigenvalue weighted by Gasteiger charge is -2.40. The van der Waals surface area contributed by atoms with Crippen molar-refractivity contribution >= 4 is 23.3 Å². The molecule has 4 nitrogen and oxygen atoms in total. The predicted octanol–water partition coefficient (Wildman–Crippen LogP) is 2.11. The molecule has 1 saturated heterocycles. The molecule has 1 heterocycles. The van der Waals surface area contributed by atoms with Gasteiger partial charge in [0.25, 0.3) is 0 Å². The topological polar surface area (TPSA) is 61.8 Å². The number of oxime groups is 1. The van der Waals surface area contributed by atoms with Crippen LogP contribution in [-0.4, -0.2) is 34.6 Å². The summed E-state index contributed by atoms with van der Waals surface area (Å²) in [7, 11) is 0. The van der Waals surface area contributed by atoms with E-state index in [9.17, 15) is 0 Å². The van der Waals surface area contributed by atoms with Crippen molar-refractivity contribution in [1.82, 2.24) is 0 Å². The maximum absolute atomic E-state index is 8.87. The summed E-state index contributed by atoms with van der Waals surface area (Å²) >= 11 is 1.99. The van der Waals surface area contributed by atoms with Crippen LogP contribution in [0.3, 0.4) is 0 Å². The number of hydrogen-bond acceptors (Lipinski definition) is 4. The smallest absolute Gasteiger partial charge is 0.172 e. The van der Waals surface area contributed by atoms with Crippen LogP contribution in [0.25, 0.3) is 0 Å². The number of benzene rings is 1. The molecule has 0 aromatic heterocycles. The second-order valence-corrected chi connectivity index (χ2v) is 6.00. The van der Waals surface area contributed by atoms with Gasteiger partial charge in [0.15, 0.2) is 5.84 Å². The van der Waals surface area contributed by atoms with Crippen molar-refractivity contribution in [1.29, 1.82) is 0 Å². The van der Waals surface area contributed by atoms with Crippen molar-refractivity contribution in [3.8, 4) is 0 Å². The molecule has 2 unspecified atom stereocenters. The third-order valence-corrected chi connectivity index (χ3v) is 4.82. The largest absolute Gasteiger partial charge is 0.409 e. The standard InChI is InChI=1S/C13H19N3OS/c1-9-10(2)18-8-7-16(9)12-6-4-3-5-11(12)13(14)15-17/h3-6,9-10,17H,7-8H2,1-2H3,(H2,14,15). The zero-order chi connectivity index (χ0) is 13.1. The number of rotatable bonds is 2. The molecule has 1 fully saturated rings. The molecule has 1 aromatic rings. The summed E-state index contributed by atoms with van der Waals surface area (Å²) in [4.78, 5) is 2.34. The molecule has 0 radical (unpaired) electrons. The van der Waals surface area contributed by atoms with Crippen LogP contribution < -0.4 is 10.6 Å². The summed E-state index contributed by atoms with van der Waals surface area (Å²) in [6.45, 7) is 5.46. The van der Waals surface area contributed by atoms with Gasteiger partial charge in [-0.2, -0.15) is 11.8 Å². The van der Waals surface area contributed by atoms with Gasteiger partial charge in [-0.3, -0.25) is 0 Å². The van der Waals surface area contributed by atoms with Crippen LogP contribution in [0.2, 0.25) is 0 Å². The van der Waals surface area contributed by atoms with Gasteiger partial charge in [0.1, 0.15) is 0 Å². The summed E-state index contributed by atoms with van der Waals surface area (Å²) in [6.07, 6.45) is 0. The van der Waals surface area contributed by atoms with Crippen molar-refractivity contribution in [3.63, 3.8) is 0 Å². The van der Waals surface area contributed by atoms with Crippen LogP contribution in [0.5, 0.6) is 0 Å². The first-order chi connectivity index (χ1) is 8.65.